The first-order valence-corrected chi connectivity index (χ1v) is 11.1. The van der Waals surface area contributed by atoms with E-state index in [9.17, 15) is 0 Å². The van der Waals surface area contributed by atoms with Crippen LogP contribution < -0.4 is 9.47 Å². The number of rotatable bonds is 6. The Kier molecular flexibility index (Phi) is 5.59. The molecule has 31 heavy (non-hydrogen) atoms. The first-order chi connectivity index (χ1) is 15.3. The first-order valence-electron chi connectivity index (χ1n) is 11.1. The number of tetrazole rings is 1. The number of methoxy groups -OCH3 is 2. The van der Waals surface area contributed by atoms with E-state index in [1.165, 1.54) is 24.0 Å². The van der Waals surface area contributed by atoms with E-state index in [0.717, 1.165) is 55.2 Å². The van der Waals surface area contributed by atoms with Crippen LogP contribution >= 0.6 is 0 Å². The molecule has 2 heterocycles. The van der Waals surface area contributed by atoms with Gasteiger partial charge in [-0.25, -0.2) is 4.68 Å². The molecule has 3 aromatic rings. The van der Waals surface area contributed by atoms with Gasteiger partial charge in [-0.2, -0.15) is 0 Å². The SMILES string of the molecule is COc1ccc(OC)c([C@@H](c2nnnn2C2CCCC2)N2CCc3ccccc3C2)c1. The van der Waals surface area contributed by atoms with E-state index in [0.29, 0.717) is 6.04 Å². The highest BCUT2D eigenvalue weighted by atomic mass is 16.5. The van der Waals surface area contributed by atoms with Crippen LogP contribution in [0.1, 0.15) is 60.3 Å². The Morgan fingerprint density at radius 3 is 2.58 bits per heavy atom. The average molecular weight is 420 g/mol. The van der Waals surface area contributed by atoms with Gasteiger partial charge in [0.1, 0.15) is 17.5 Å². The fraction of sp³-hybridized carbons (Fsp3) is 0.458. The third kappa shape index (κ3) is 3.78. The summed E-state index contributed by atoms with van der Waals surface area (Å²) in [6, 6.07) is 14.9. The molecular formula is C24H29N5O2. The molecule has 1 aliphatic carbocycles. The maximum Gasteiger partial charge on any atom is 0.173 e. The van der Waals surface area contributed by atoms with Crippen LogP contribution in [0.2, 0.25) is 0 Å². The number of hydrogen-bond acceptors (Lipinski definition) is 6. The number of fused-ring (bicyclic) bond motifs is 1. The second kappa shape index (κ2) is 8.67. The van der Waals surface area contributed by atoms with Gasteiger partial charge >= 0.3 is 0 Å². The normalized spacial score (nSPS) is 18.0. The van der Waals surface area contributed by atoms with Gasteiger partial charge in [0.15, 0.2) is 5.82 Å². The van der Waals surface area contributed by atoms with Gasteiger partial charge < -0.3 is 9.47 Å². The number of aromatic nitrogens is 4. The molecule has 1 fully saturated rings. The van der Waals surface area contributed by atoms with Crippen molar-refractivity contribution >= 4 is 0 Å². The van der Waals surface area contributed by atoms with Crippen molar-refractivity contribution in [3.8, 4) is 11.5 Å². The maximum absolute atomic E-state index is 5.79. The molecule has 0 saturated heterocycles. The zero-order chi connectivity index (χ0) is 21.2. The molecule has 1 saturated carbocycles. The lowest BCUT2D eigenvalue weighted by atomic mass is 9.95. The summed E-state index contributed by atoms with van der Waals surface area (Å²) in [6.45, 7) is 1.78. The Morgan fingerprint density at radius 1 is 1.00 bits per heavy atom. The molecule has 0 amide bonds. The Balaban J connectivity index is 1.62. The standard InChI is InChI=1S/C24H29N5O2/c1-30-20-11-12-22(31-2)21(15-20)23(24-25-26-27-29(24)19-9-5-6-10-19)28-14-13-17-7-3-4-8-18(17)16-28/h3-4,7-8,11-12,15,19,23H,5-6,9-10,13-14,16H2,1-2H3/t23-/m0/s1. The summed E-state index contributed by atoms with van der Waals surface area (Å²) in [4.78, 5) is 2.47. The molecule has 2 aliphatic rings. The largest absolute Gasteiger partial charge is 0.497 e. The lowest BCUT2D eigenvalue weighted by molar-refractivity contribution is 0.188. The van der Waals surface area contributed by atoms with Crippen molar-refractivity contribution in [1.29, 1.82) is 0 Å². The molecule has 0 N–H and O–H groups in total. The Hall–Kier alpha value is -2.93. The average Bonchev–Trinajstić information content (AvgIpc) is 3.51. The van der Waals surface area contributed by atoms with Crippen molar-refractivity contribution in [1.82, 2.24) is 25.1 Å². The van der Waals surface area contributed by atoms with E-state index >= 15 is 0 Å². The summed E-state index contributed by atoms with van der Waals surface area (Å²) in [5, 5.41) is 13.1. The van der Waals surface area contributed by atoms with Crippen LogP contribution in [-0.2, 0) is 13.0 Å². The second-order valence-corrected chi connectivity index (χ2v) is 8.42. The summed E-state index contributed by atoms with van der Waals surface area (Å²) in [7, 11) is 3.41. The van der Waals surface area contributed by atoms with Crippen molar-refractivity contribution in [2.45, 2.75) is 50.7 Å². The summed E-state index contributed by atoms with van der Waals surface area (Å²) in [5.74, 6) is 2.52. The van der Waals surface area contributed by atoms with Crippen LogP contribution in [0.4, 0.5) is 0 Å². The van der Waals surface area contributed by atoms with E-state index < -0.39 is 0 Å². The lowest BCUT2D eigenvalue weighted by Crippen LogP contribution is -2.36. The van der Waals surface area contributed by atoms with Crippen molar-refractivity contribution in [2.75, 3.05) is 20.8 Å². The minimum absolute atomic E-state index is 0.117. The summed E-state index contributed by atoms with van der Waals surface area (Å²) in [6.07, 6.45) is 5.72. The molecule has 0 bridgehead atoms. The highest BCUT2D eigenvalue weighted by Crippen LogP contribution is 2.40. The molecule has 2 aromatic carbocycles. The molecule has 7 heteroatoms. The number of nitrogens with zero attached hydrogens (tertiary/aromatic N) is 5. The zero-order valence-electron chi connectivity index (χ0n) is 18.2. The molecule has 1 atom stereocenters. The summed E-state index contributed by atoms with van der Waals surface area (Å²) in [5.41, 5.74) is 3.82. The van der Waals surface area contributed by atoms with Crippen LogP contribution in [0.5, 0.6) is 11.5 Å². The molecular weight excluding hydrogens is 390 g/mol. The van der Waals surface area contributed by atoms with Crippen molar-refractivity contribution in [3.05, 3.63) is 65.0 Å². The van der Waals surface area contributed by atoms with Crippen LogP contribution in [-0.4, -0.2) is 45.9 Å². The van der Waals surface area contributed by atoms with Gasteiger partial charge in [-0.05, 0) is 59.0 Å². The fourth-order valence-electron chi connectivity index (χ4n) is 5.08. The minimum atomic E-state index is -0.117. The van der Waals surface area contributed by atoms with Crippen molar-refractivity contribution < 1.29 is 9.47 Å². The predicted octanol–water partition coefficient (Wildman–Crippen LogP) is 3.95. The minimum Gasteiger partial charge on any atom is -0.497 e. The molecule has 1 aromatic heterocycles. The van der Waals surface area contributed by atoms with E-state index in [2.05, 4.69) is 55.4 Å². The quantitative estimate of drug-likeness (QED) is 0.603. The Labute approximate surface area is 183 Å². The molecule has 162 valence electrons. The molecule has 5 rings (SSSR count). The zero-order valence-corrected chi connectivity index (χ0v) is 18.2. The van der Waals surface area contributed by atoms with Gasteiger partial charge in [-0.3, -0.25) is 4.90 Å². The first kappa shape index (κ1) is 20.0. The Morgan fingerprint density at radius 2 is 1.81 bits per heavy atom. The van der Waals surface area contributed by atoms with Crippen LogP contribution in [0, 0.1) is 0 Å². The second-order valence-electron chi connectivity index (χ2n) is 8.42. The van der Waals surface area contributed by atoms with E-state index in [-0.39, 0.29) is 6.04 Å². The fourth-order valence-corrected chi connectivity index (χ4v) is 5.08. The van der Waals surface area contributed by atoms with Crippen molar-refractivity contribution in [2.24, 2.45) is 0 Å². The van der Waals surface area contributed by atoms with Gasteiger partial charge in [0, 0.05) is 18.7 Å². The topological polar surface area (TPSA) is 65.3 Å². The van der Waals surface area contributed by atoms with E-state index in [1.807, 2.05) is 12.1 Å². The molecule has 0 spiro atoms. The predicted molar refractivity (Wildman–Crippen MR) is 117 cm³/mol. The number of hydrogen-bond donors (Lipinski definition) is 0. The Bertz CT molecular complexity index is 1040. The lowest BCUT2D eigenvalue weighted by Gasteiger charge is -2.36. The third-order valence-electron chi connectivity index (χ3n) is 6.69. The molecule has 0 radical (unpaired) electrons. The third-order valence-corrected chi connectivity index (χ3v) is 6.69. The maximum atomic E-state index is 5.79. The number of ether oxygens (including phenoxy) is 2. The van der Waals surface area contributed by atoms with E-state index in [4.69, 9.17) is 9.47 Å². The molecule has 1 aliphatic heterocycles. The van der Waals surface area contributed by atoms with E-state index in [1.54, 1.807) is 14.2 Å². The van der Waals surface area contributed by atoms with Crippen molar-refractivity contribution in [3.63, 3.8) is 0 Å². The smallest absolute Gasteiger partial charge is 0.173 e. The van der Waals surface area contributed by atoms with Gasteiger partial charge in [0.25, 0.3) is 0 Å². The highest BCUT2D eigenvalue weighted by Gasteiger charge is 2.34. The van der Waals surface area contributed by atoms with Gasteiger partial charge in [0.2, 0.25) is 0 Å². The molecule has 7 nitrogen and oxygen atoms in total. The van der Waals surface area contributed by atoms with Crippen LogP contribution in [0.25, 0.3) is 0 Å². The monoisotopic (exact) mass is 419 g/mol. The van der Waals surface area contributed by atoms with Gasteiger partial charge in [-0.15, -0.1) is 5.10 Å². The summed E-state index contributed by atoms with van der Waals surface area (Å²) >= 11 is 0. The highest BCUT2D eigenvalue weighted by molar-refractivity contribution is 5.45. The van der Waals surface area contributed by atoms with Crippen LogP contribution in [0.15, 0.2) is 42.5 Å². The van der Waals surface area contributed by atoms with Gasteiger partial charge in [0.05, 0.1) is 20.3 Å². The molecule has 0 unspecified atom stereocenters. The number of benzene rings is 2. The summed E-state index contributed by atoms with van der Waals surface area (Å²) < 4.78 is 13.4. The van der Waals surface area contributed by atoms with Crippen LogP contribution in [0.3, 0.4) is 0 Å². The van der Waals surface area contributed by atoms with Gasteiger partial charge in [-0.1, -0.05) is 37.1 Å².